The zero-order valence-corrected chi connectivity index (χ0v) is 9.05. The Balaban J connectivity index is 1.87. The van der Waals surface area contributed by atoms with Gasteiger partial charge in [0.1, 0.15) is 0 Å². The highest BCUT2D eigenvalue weighted by Crippen LogP contribution is 2.31. The van der Waals surface area contributed by atoms with Crippen LogP contribution in [0.5, 0.6) is 0 Å². The van der Waals surface area contributed by atoms with Crippen molar-refractivity contribution in [2.45, 2.75) is 31.2 Å². The molecule has 1 atom stereocenters. The molecule has 15 heavy (non-hydrogen) atoms. The number of nitrogens with one attached hydrogen (secondary N) is 2. The summed E-state index contributed by atoms with van der Waals surface area (Å²) < 4.78 is 0. The number of fused-ring (bicyclic) bond motifs is 1. The Morgan fingerprint density at radius 1 is 1.13 bits per heavy atom. The lowest BCUT2D eigenvalue weighted by molar-refractivity contribution is 0.261. The van der Waals surface area contributed by atoms with Gasteiger partial charge in [-0.3, -0.25) is 0 Å². The minimum Gasteiger partial charge on any atom is -0.383 e. The van der Waals surface area contributed by atoms with Crippen molar-refractivity contribution in [3.05, 3.63) is 29.8 Å². The topological polar surface area (TPSA) is 24.1 Å². The number of rotatable bonds is 0. The summed E-state index contributed by atoms with van der Waals surface area (Å²) >= 11 is 0. The van der Waals surface area contributed by atoms with Gasteiger partial charge in [0.2, 0.25) is 0 Å². The Hall–Kier alpha value is -1.02. The first-order valence-electron chi connectivity index (χ1n) is 5.95. The molecular weight excluding hydrogens is 184 g/mol. The van der Waals surface area contributed by atoms with Gasteiger partial charge in [-0.15, -0.1) is 0 Å². The molecule has 1 unspecified atom stereocenters. The number of hydrogen-bond acceptors (Lipinski definition) is 2. The lowest BCUT2D eigenvalue weighted by atomic mass is 9.80. The molecule has 80 valence electrons. The highest BCUT2D eigenvalue weighted by atomic mass is 15.1. The SMILES string of the molecule is c1ccc2c(c1)CC1(CCCCN1)CN2. The van der Waals surface area contributed by atoms with E-state index in [0.29, 0.717) is 5.54 Å². The Labute approximate surface area is 91.1 Å². The van der Waals surface area contributed by atoms with Crippen LogP contribution >= 0.6 is 0 Å². The van der Waals surface area contributed by atoms with Gasteiger partial charge in [0, 0.05) is 17.8 Å². The normalized spacial score (nSPS) is 29.6. The first kappa shape index (κ1) is 9.22. The molecule has 0 bridgehead atoms. The Morgan fingerprint density at radius 3 is 2.93 bits per heavy atom. The first-order chi connectivity index (χ1) is 7.38. The van der Waals surface area contributed by atoms with Gasteiger partial charge in [-0.2, -0.15) is 0 Å². The second-order valence-corrected chi connectivity index (χ2v) is 4.85. The van der Waals surface area contributed by atoms with Crippen LogP contribution in [0.3, 0.4) is 0 Å². The van der Waals surface area contributed by atoms with Crippen molar-refractivity contribution < 1.29 is 0 Å². The zero-order valence-electron chi connectivity index (χ0n) is 9.05. The third-order valence-electron chi connectivity index (χ3n) is 3.75. The summed E-state index contributed by atoms with van der Waals surface area (Å²) in [4.78, 5) is 0. The second-order valence-electron chi connectivity index (χ2n) is 4.85. The van der Waals surface area contributed by atoms with Gasteiger partial charge in [0.05, 0.1) is 0 Å². The average Bonchev–Trinajstić information content (AvgIpc) is 2.30. The Kier molecular flexibility index (Phi) is 2.17. The molecule has 1 aromatic rings. The first-order valence-corrected chi connectivity index (χ1v) is 5.95. The van der Waals surface area contributed by atoms with Crippen LogP contribution in [0.2, 0.25) is 0 Å². The van der Waals surface area contributed by atoms with Gasteiger partial charge < -0.3 is 10.6 Å². The molecule has 0 saturated carbocycles. The highest BCUT2D eigenvalue weighted by Gasteiger charge is 2.34. The predicted octanol–water partition coefficient (Wildman–Crippen LogP) is 2.17. The number of anilines is 1. The van der Waals surface area contributed by atoms with Crippen LogP contribution in [0.15, 0.2) is 24.3 Å². The summed E-state index contributed by atoms with van der Waals surface area (Å²) in [5.41, 5.74) is 3.14. The van der Waals surface area contributed by atoms with Gasteiger partial charge in [-0.05, 0) is 37.4 Å². The highest BCUT2D eigenvalue weighted by molar-refractivity contribution is 5.54. The maximum Gasteiger partial charge on any atom is 0.0396 e. The molecule has 2 aliphatic rings. The van der Waals surface area contributed by atoms with Gasteiger partial charge in [0.15, 0.2) is 0 Å². The van der Waals surface area contributed by atoms with Gasteiger partial charge in [-0.25, -0.2) is 0 Å². The summed E-state index contributed by atoms with van der Waals surface area (Å²) in [7, 11) is 0. The van der Waals surface area contributed by atoms with Crippen molar-refractivity contribution in [2.24, 2.45) is 0 Å². The van der Waals surface area contributed by atoms with Crippen molar-refractivity contribution in [3.63, 3.8) is 0 Å². The van der Waals surface area contributed by atoms with Crippen molar-refractivity contribution >= 4 is 5.69 Å². The maximum absolute atomic E-state index is 3.71. The van der Waals surface area contributed by atoms with Crippen molar-refractivity contribution in [3.8, 4) is 0 Å². The van der Waals surface area contributed by atoms with Crippen LogP contribution in [-0.2, 0) is 6.42 Å². The minimum atomic E-state index is 0.340. The fraction of sp³-hybridized carbons (Fsp3) is 0.538. The van der Waals surface area contributed by atoms with E-state index in [2.05, 4.69) is 34.9 Å². The van der Waals surface area contributed by atoms with Crippen molar-refractivity contribution in [2.75, 3.05) is 18.4 Å². The summed E-state index contributed by atoms with van der Waals surface area (Å²) in [6, 6.07) is 8.69. The lowest BCUT2D eigenvalue weighted by Gasteiger charge is -2.42. The molecule has 0 aliphatic carbocycles. The molecule has 3 rings (SSSR count). The van der Waals surface area contributed by atoms with E-state index in [1.807, 2.05) is 0 Å². The monoisotopic (exact) mass is 202 g/mol. The summed E-state index contributed by atoms with van der Waals surface area (Å²) in [6.45, 7) is 2.27. The van der Waals surface area contributed by atoms with Crippen LogP contribution in [0.25, 0.3) is 0 Å². The van der Waals surface area contributed by atoms with E-state index in [-0.39, 0.29) is 0 Å². The standard InChI is InChI=1S/C13H18N2/c1-2-6-12-11(5-1)9-13(10-14-12)7-3-4-8-15-13/h1-2,5-6,14-15H,3-4,7-10H2. The smallest absolute Gasteiger partial charge is 0.0396 e. The number of piperidine rings is 1. The van der Waals surface area contributed by atoms with Crippen LogP contribution in [0.1, 0.15) is 24.8 Å². The number of benzene rings is 1. The van der Waals surface area contributed by atoms with E-state index in [4.69, 9.17) is 0 Å². The molecule has 0 radical (unpaired) electrons. The van der Waals surface area contributed by atoms with E-state index < -0.39 is 0 Å². The summed E-state index contributed by atoms with van der Waals surface area (Å²) in [5.74, 6) is 0. The molecule has 1 spiro atoms. The third-order valence-corrected chi connectivity index (χ3v) is 3.75. The number of hydrogen-bond donors (Lipinski definition) is 2. The van der Waals surface area contributed by atoms with Gasteiger partial charge in [0.25, 0.3) is 0 Å². The molecule has 1 aromatic carbocycles. The van der Waals surface area contributed by atoms with E-state index in [0.717, 1.165) is 6.54 Å². The van der Waals surface area contributed by atoms with Crippen molar-refractivity contribution in [1.29, 1.82) is 0 Å². The number of para-hydroxylation sites is 1. The third kappa shape index (κ3) is 1.63. The van der Waals surface area contributed by atoms with E-state index in [1.165, 1.54) is 43.5 Å². The average molecular weight is 202 g/mol. The molecule has 1 fully saturated rings. The zero-order chi connectivity index (χ0) is 10.1. The predicted molar refractivity (Wildman–Crippen MR) is 63.2 cm³/mol. The second kappa shape index (κ2) is 3.53. The van der Waals surface area contributed by atoms with Crippen LogP contribution in [-0.4, -0.2) is 18.6 Å². The Morgan fingerprint density at radius 2 is 2.07 bits per heavy atom. The molecular formula is C13H18N2. The molecule has 2 nitrogen and oxygen atoms in total. The molecule has 2 aliphatic heterocycles. The molecule has 1 saturated heterocycles. The largest absolute Gasteiger partial charge is 0.383 e. The molecule has 2 heteroatoms. The molecule has 2 heterocycles. The van der Waals surface area contributed by atoms with Crippen molar-refractivity contribution in [1.82, 2.24) is 5.32 Å². The maximum atomic E-state index is 3.71. The van der Waals surface area contributed by atoms with Gasteiger partial charge >= 0.3 is 0 Å². The van der Waals surface area contributed by atoms with Gasteiger partial charge in [-0.1, -0.05) is 24.6 Å². The molecule has 0 aromatic heterocycles. The minimum absolute atomic E-state index is 0.340. The van der Waals surface area contributed by atoms with Crippen LogP contribution in [0, 0.1) is 0 Å². The fourth-order valence-electron chi connectivity index (χ4n) is 2.87. The van der Waals surface area contributed by atoms with Crippen LogP contribution < -0.4 is 10.6 Å². The molecule has 2 N–H and O–H groups in total. The lowest BCUT2D eigenvalue weighted by Crippen LogP contribution is -2.56. The van der Waals surface area contributed by atoms with E-state index >= 15 is 0 Å². The van der Waals surface area contributed by atoms with Crippen LogP contribution in [0.4, 0.5) is 5.69 Å². The fourth-order valence-corrected chi connectivity index (χ4v) is 2.87. The summed E-state index contributed by atoms with van der Waals surface area (Å²) in [5, 5.41) is 7.27. The van der Waals surface area contributed by atoms with E-state index in [1.54, 1.807) is 0 Å². The van der Waals surface area contributed by atoms with E-state index in [9.17, 15) is 0 Å². The molecule has 0 amide bonds. The Bertz CT molecular complexity index is 353. The summed E-state index contributed by atoms with van der Waals surface area (Å²) in [6.07, 6.45) is 5.21. The quantitative estimate of drug-likeness (QED) is 0.673.